The van der Waals surface area contributed by atoms with E-state index in [9.17, 15) is 9.59 Å². The minimum Gasteiger partial charge on any atom is -0.495 e. The van der Waals surface area contributed by atoms with Gasteiger partial charge in [0, 0.05) is 12.4 Å². The molecule has 3 heterocycles. The monoisotopic (exact) mass is 334 g/mol. The zero-order valence-electron chi connectivity index (χ0n) is 13.3. The van der Waals surface area contributed by atoms with Gasteiger partial charge in [-0.1, -0.05) is 12.1 Å². The average molecular weight is 334 g/mol. The highest BCUT2D eigenvalue weighted by Crippen LogP contribution is 2.22. The molecule has 0 saturated heterocycles. The number of methoxy groups -OCH3 is 1. The minimum atomic E-state index is -0.404. The van der Waals surface area contributed by atoms with Gasteiger partial charge in [0.2, 0.25) is 0 Å². The summed E-state index contributed by atoms with van der Waals surface area (Å²) in [5.41, 5.74) is 0.926. The van der Waals surface area contributed by atoms with E-state index in [0.29, 0.717) is 33.2 Å². The van der Waals surface area contributed by atoms with Crippen molar-refractivity contribution in [1.82, 2.24) is 14.2 Å². The molecule has 1 aromatic carbocycles. The minimum absolute atomic E-state index is 0.289. The van der Waals surface area contributed by atoms with Crippen molar-refractivity contribution < 1.29 is 4.74 Å². The molecule has 0 amide bonds. The van der Waals surface area contributed by atoms with E-state index in [1.54, 1.807) is 37.6 Å². The van der Waals surface area contributed by atoms with Crippen LogP contribution in [0.3, 0.4) is 0 Å². The lowest BCUT2D eigenvalue weighted by atomic mass is 10.2. The molecule has 0 aliphatic carbocycles. The summed E-state index contributed by atoms with van der Waals surface area (Å²) in [5.74, 6) is 6.17. The molecule has 0 spiro atoms. The maximum absolute atomic E-state index is 13.0. The fourth-order valence-electron chi connectivity index (χ4n) is 2.86. The molecule has 7 nitrogen and oxygen atoms in total. The highest BCUT2D eigenvalue weighted by atomic mass is 16.5. The number of pyridine rings is 3. The maximum atomic E-state index is 13.0. The Kier molecular flexibility index (Phi) is 3.28. The number of nitrogens with two attached hydrogens (primary N) is 1. The van der Waals surface area contributed by atoms with E-state index in [1.165, 1.54) is 16.8 Å². The van der Waals surface area contributed by atoms with E-state index in [2.05, 4.69) is 4.98 Å². The summed E-state index contributed by atoms with van der Waals surface area (Å²) in [6.45, 7) is 0. The summed E-state index contributed by atoms with van der Waals surface area (Å²) in [6, 6.07) is 12.1. The van der Waals surface area contributed by atoms with Crippen molar-refractivity contribution in [2.45, 2.75) is 0 Å². The van der Waals surface area contributed by atoms with E-state index in [1.807, 2.05) is 12.1 Å². The fraction of sp³-hybridized carbons (Fsp3) is 0.0556. The van der Waals surface area contributed by atoms with Gasteiger partial charge in [0.05, 0.1) is 34.6 Å². The predicted octanol–water partition coefficient (Wildman–Crippen LogP) is 1.42. The number of nitrogens with zero attached hydrogens (tertiary/aromatic N) is 3. The Morgan fingerprint density at radius 2 is 1.64 bits per heavy atom. The van der Waals surface area contributed by atoms with Crippen molar-refractivity contribution in [2.75, 3.05) is 13.0 Å². The van der Waals surface area contributed by atoms with Gasteiger partial charge in [0.1, 0.15) is 5.75 Å². The number of ether oxygens (including phenoxy) is 1. The van der Waals surface area contributed by atoms with Crippen LogP contribution in [0.4, 0.5) is 0 Å². The SMILES string of the molecule is COc1ccccc1-n1ccc2nc3ccn(N)c(=O)c3cc2c1=O. The molecule has 4 rings (SSSR count). The Balaban J connectivity index is 2.08. The van der Waals surface area contributed by atoms with E-state index >= 15 is 0 Å². The summed E-state index contributed by atoms with van der Waals surface area (Å²) in [5, 5.41) is 0.636. The second-order valence-corrected chi connectivity index (χ2v) is 5.54. The average Bonchev–Trinajstić information content (AvgIpc) is 2.64. The number of nitrogen functional groups attached to an aromatic ring is 1. The van der Waals surface area contributed by atoms with Gasteiger partial charge in [-0.05, 0) is 30.3 Å². The molecule has 0 aliphatic heterocycles. The van der Waals surface area contributed by atoms with Gasteiger partial charge in [0.15, 0.2) is 0 Å². The van der Waals surface area contributed by atoms with Crippen LogP contribution in [-0.2, 0) is 0 Å². The molecule has 0 atom stereocenters. The van der Waals surface area contributed by atoms with Crippen LogP contribution in [0.1, 0.15) is 0 Å². The Hall–Kier alpha value is -3.61. The van der Waals surface area contributed by atoms with Crippen LogP contribution >= 0.6 is 0 Å². The Morgan fingerprint density at radius 3 is 2.40 bits per heavy atom. The van der Waals surface area contributed by atoms with Gasteiger partial charge >= 0.3 is 0 Å². The number of rotatable bonds is 2. The Morgan fingerprint density at radius 1 is 0.960 bits per heavy atom. The summed E-state index contributed by atoms with van der Waals surface area (Å²) >= 11 is 0. The van der Waals surface area contributed by atoms with Crippen LogP contribution in [0.5, 0.6) is 5.75 Å². The predicted molar refractivity (Wildman–Crippen MR) is 95.8 cm³/mol. The maximum Gasteiger partial charge on any atom is 0.278 e. The van der Waals surface area contributed by atoms with Crippen LogP contribution in [0.2, 0.25) is 0 Å². The first kappa shape index (κ1) is 14.9. The lowest BCUT2D eigenvalue weighted by Gasteiger charge is -2.11. The summed E-state index contributed by atoms with van der Waals surface area (Å²) in [4.78, 5) is 29.6. The smallest absolute Gasteiger partial charge is 0.278 e. The van der Waals surface area contributed by atoms with Gasteiger partial charge in [-0.15, -0.1) is 0 Å². The van der Waals surface area contributed by atoms with Gasteiger partial charge in [-0.25, -0.2) is 9.66 Å². The van der Waals surface area contributed by atoms with Crippen molar-refractivity contribution in [1.29, 1.82) is 0 Å². The third-order valence-electron chi connectivity index (χ3n) is 4.11. The molecule has 0 fully saturated rings. The van der Waals surface area contributed by atoms with Crippen molar-refractivity contribution in [3.8, 4) is 11.4 Å². The van der Waals surface area contributed by atoms with Crippen molar-refractivity contribution in [3.63, 3.8) is 0 Å². The zero-order valence-corrected chi connectivity index (χ0v) is 13.3. The van der Waals surface area contributed by atoms with Gasteiger partial charge < -0.3 is 10.6 Å². The fourth-order valence-corrected chi connectivity index (χ4v) is 2.86. The van der Waals surface area contributed by atoms with Crippen LogP contribution in [0.15, 0.2) is 64.4 Å². The molecule has 0 bridgehead atoms. The second kappa shape index (κ2) is 5.48. The number of hydrogen-bond donors (Lipinski definition) is 1. The van der Waals surface area contributed by atoms with Gasteiger partial charge in [-0.2, -0.15) is 0 Å². The normalized spacial score (nSPS) is 11.1. The van der Waals surface area contributed by atoms with Gasteiger partial charge in [0.25, 0.3) is 11.1 Å². The topological polar surface area (TPSA) is 92.1 Å². The summed E-state index contributed by atoms with van der Waals surface area (Å²) in [7, 11) is 1.55. The van der Waals surface area contributed by atoms with Crippen LogP contribution in [0, 0.1) is 0 Å². The summed E-state index contributed by atoms with van der Waals surface area (Å²) in [6.07, 6.45) is 3.09. The first-order valence-corrected chi connectivity index (χ1v) is 7.56. The third kappa shape index (κ3) is 2.25. The van der Waals surface area contributed by atoms with E-state index in [4.69, 9.17) is 10.6 Å². The molecular weight excluding hydrogens is 320 g/mol. The molecule has 4 aromatic rings. The first-order valence-electron chi connectivity index (χ1n) is 7.56. The summed E-state index contributed by atoms with van der Waals surface area (Å²) < 4.78 is 7.77. The van der Waals surface area contributed by atoms with E-state index < -0.39 is 5.56 Å². The molecule has 3 aromatic heterocycles. The third-order valence-corrected chi connectivity index (χ3v) is 4.11. The van der Waals surface area contributed by atoms with E-state index in [0.717, 1.165) is 4.68 Å². The van der Waals surface area contributed by atoms with Gasteiger partial charge in [-0.3, -0.25) is 14.2 Å². The van der Waals surface area contributed by atoms with Crippen molar-refractivity contribution >= 4 is 21.8 Å². The second-order valence-electron chi connectivity index (χ2n) is 5.54. The van der Waals surface area contributed by atoms with Crippen LogP contribution in [-0.4, -0.2) is 21.3 Å². The molecule has 0 unspecified atom stereocenters. The number of benzene rings is 1. The Labute approximate surface area is 141 Å². The first-order chi connectivity index (χ1) is 12.1. The quantitative estimate of drug-likeness (QED) is 0.442. The molecule has 0 radical (unpaired) electrons. The molecule has 25 heavy (non-hydrogen) atoms. The molecular formula is C18H14N4O3. The lowest BCUT2D eigenvalue weighted by Crippen LogP contribution is -2.26. The number of para-hydroxylation sites is 2. The molecule has 0 saturated carbocycles. The molecule has 7 heteroatoms. The Bertz CT molecular complexity index is 1240. The lowest BCUT2D eigenvalue weighted by molar-refractivity contribution is 0.412. The largest absolute Gasteiger partial charge is 0.495 e. The zero-order chi connectivity index (χ0) is 17.6. The molecule has 2 N–H and O–H groups in total. The molecule has 0 aliphatic rings. The van der Waals surface area contributed by atoms with Crippen LogP contribution < -0.4 is 21.7 Å². The van der Waals surface area contributed by atoms with Crippen LogP contribution in [0.25, 0.3) is 27.5 Å². The highest BCUT2D eigenvalue weighted by Gasteiger charge is 2.12. The number of fused-ring (bicyclic) bond motifs is 2. The van der Waals surface area contributed by atoms with Crippen molar-refractivity contribution in [3.05, 3.63) is 75.6 Å². The number of hydrogen-bond acceptors (Lipinski definition) is 5. The van der Waals surface area contributed by atoms with E-state index in [-0.39, 0.29) is 5.56 Å². The molecule has 124 valence electrons. The number of aromatic nitrogens is 3. The van der Waals surface area contributed by atoms with Crippen molar-refractivity contribution in [2.24, 2.45) is 0 Å². The standard InChI is InChI=1S/C18H14N4O3/c1-25-16-5-3-2-4-15(16)21-8-6-13-11(17(21)23)10-12-14(20-13)7-9-22(19)18(12)24/h2-10H,19H2,1H3. The highest BCUT2D eigenvalue weighted by molar-refractivity contribution is 5.91.